The fraction of sp³-hybridized carbons (Fsp3) is 0.500. The molecule has 1 heterocycles. The Morgan fingerprint density at radius 1 is 1.44 bits per heavy atom. The number of likely N-dealkylation sites (N-methyl/N-ethyl adjacent to an activating group) is 1. The molecule has 2 rings (SSSR count). The molecule has 0 aliphatic carbocycles. The van der Waals surface area contributed by atoms with Gasteiger partial charge in [-0.2, -0.15) is 4.31 Å². The van der Waals surface area contributed by atoms with E-state index in [2.05, 4.69) is 5.32 Å². The van der Waals surface area contributed by atoms with E-state index in [4.69, 9.17) is 5.11 Å². The number of anilines is 1. The maximum Gasteiger partial charge on any atom is 0.243 e. The van der Waals surface area contributed by atoms with Crippen molar-refractivity contribution in [2.24, 2.45) is 0 Å². The van der Waals surface area contributed by atoms with Crippen LogP contribution in [0.1, 0.15) is 12.0 Å². The summed E-state index contributed by atoms with van der Waals surface area (Å²) in [5.74, 6) is 0. The van der Waals surface area contributed by atoms with Crippen LogP contribution in [-0.4, -0.2) is 44.6 Å². The average molecular weight is 270 g/mol. The Morgan fingerprint density at radius 2 is 2.22 bits per heavy atom. The minimum Gasteiger partial charge on any atom is -0.395 e. The SMILES string of the molecule is CN(CCO)S(=O)(=O)c1cccc2c1CCCN2. The number of aliphatic hydroxyl groups is 1. The lowest BCUT2D eigenvalue weighted by atomic mass is 10.0. The maximum atomic E-state index is 12.4. The molecule has 1 aromatic rings. The van der Waals surface area contributed by atoms with Gasteiger partial charge in [0.2, 0.25) is 10.0 Å². The van der Waals surface area contributed by atoms with Gasteiger partial charge >= 0.3 is 0 Å². The molecule has 1 aliphatic heterocycles. The molecule has 0 radical (unpaired) electrons. The molecule has 5 nitrogen and oxygen atoms in total. The Morgan fingerprint density at radius 3 is 2.94 bits per heavy atom. The quantitative estimate of drug-likeness (QED) is 0.843. The van der Waals surface area contributed by atoms with Gasteiger partial charge in [-0.3, -0.25) is 0 Å². The lowest BCUT2D eigenvalue weighted by Crippen LogP contribution is -2.31. The fourth-order valence-corrected chi connectivity index (χ4v) is 3.58. The van der Waals surface area contributed by atoms with Gasteiger partial charge in [-0.1, -0.05) is 6.07 Å². The van der Waals surface area contributed by atoms with Crippen LogP contribution in [0.15, 0.2) is 23.1 Å². The van der Waals surface area contributed by atoms with Gasteiger partial charge in [0, 0.05) is 25.8 Å². The molecule has 0 fully saturated rings. The normalized spacial score (nSPS) is 15.3. The first-order valence-electron chi connectivity index (χ1n) is 6.00. The number of hydrogen-bond donors (Lipinski definition) is 2. The highest BCUT2D eigenvalue weighted by molar-refractivity contribution is 7.89. The standard InChI is InChI=1S/C12H18N2O3S/c1-14(8-9-15)18(16,17)12-6-2-5-11-10(12)4-3-7-13-11/h2,5-6,13,15H,3-4,7-9H2,1H3. The van der Waals surface area contributed by atoms with Gasteiger partial charge in [-0.05, 0) is 30.5 Å². The monoisotopic (exact) mass is 270 g/mol. The molecule has 2 N–H and O–H groups in total. The molecule has 1 aliphatic rings. The van der Waals surface area contributed by atoms with E-state index >= 15 is 0 Å². The van der Waals surface area contributed by atoms with Gasteiger partial charge < -0.3 is 10.4 Å². The Kier molecular flexibility index (Phi) is 3.89. The first-order chi connectivity index (χ1) is 8.57. The van der Waals surface area contributed by atoms with E-state index in [0.29, 0.717) is 4.90 Å². The van der Waals surface area contributed by atoms with E-state index in [1.807, 2.05) is 6.07 Å². The molecule has 0 atom stereocenters. The van der Waals surface area contributed by atoms with Crippen LogP contribution in [0.4, 0.5) is 5.69 Å². The zero-order chi connectivity index (χ0) is 13.2. The van der Waals surface area contributed by atoms with Crippen LogP contribution in [0.5, 0.6) is 0 Å². The lowest BCUT2D eigenvalue weighted by Gasteiger charge is -2.23. The number of nitrogens with zero attached hydrogens (tertiary/aromatic N) is 1. The molecule has 6 heteroatoms. The molecule has 0 saturated carbocycles. The maximum absolute atomic E-state index is 12.4. The zero-order valence-electron chi connectivity index (χ0n) is 10.4. The predicted molar refractivity (Wildman–Crippen MR) is 70.2 cm³/mol. The Labute approximate surface area is 107 Å². The Balaban J connectivity index is 2.45. The third kappa shape index (κ3) is 2.36. The van der Waals surface area contributed by atoms with Crippen molar-refractivity contribution >= 4 is 15.7 Å². The van der Waals surface area contributed by atoms with E-state index in [1.165, 1.54) is 11.4 Å². The van der Waals surface area contributed by atoms with Crippen LogP contribution in [-0.2, 0) is 16.4 Å². The molecule has 100 valence electrons. The summed E-state index contributed by atoms with van der Waals surface area (Å²) in [7, 11) is -2.02. The average Bonchev–Trinajstić information content (AvgIpc) is 2.38. The van der Waals surface area contributed by atoms with Gasteiger partial charge in [-0.25, -0.2) is 8.42 Å². The van der Waals surface area contributed by atoms with E-state index in [1.54, 1.807) is 12.1 Å². The molecule has 1 aromatic carbocycles. The van der Waals surface area contributed by atoms with Crippen LogP contribution in [0.3, 0.4) is 0 Å². The Hall–Kier alpha value is -1.11. The van der Waals surface area contributed by atoms with E-state index < -0.39 is 10.0 Å². The minimum absolute atomic E-state index is 0.111. The van der Waals surface area contributed by atoms with E-state index in [-0.39, 0.29) is 13.2 Å². The first-order valence-corrected chi connectivity index (χ1v) is 7.44. The number of benzene rings is 1. The summed E-state index contributed by atoms with van der Waals surface area (Å²) in [6, 6.07) is 5.28. The van der Waals surface area contributed by atoms with Crippen molar-refractivity contribution in [3.05, 3.63) is 23.8 Å². The topological polar surface area (TPSA) is 69.6 Å². The van der Waals surface area contributed by atoms with Gasteiger partial charge in [-0.15, -0.1) is 0 Å². The summed E-state index contributed by atoms with van der Waals surface area (Å²) < 4.78 is 26.0. The van der Waals surface area contributed by atoms with Crippen molar-refractivity contribution in [3.63, 3.8) is 0 Å². The molecule has 0 spiro atoms. The second kappa shape index (κ2) is 5.26. The molecule has 0 bridgehead atoms. The molecule has 0 aromatic heterocycles. The second-order valence-corrected chi connectivity index (χ2v) is 6.38. The fourth-order valence-electron chi connectivity index (χ4n) is 2.15. The predicted octanol–water partition coefficient (Wildman–Crippen LogP) is 0.657. The lowest BCUT2D eigenvalue weighted by molar-refractivity contribution is 0.266. The van der Waals surface area contributed by atoms with Crippen LogP contribution >= 0.6 is 0 Å². The summed E-state index contributed by atoms with van der Waals surface area (Å²) in [5.41, 5.74) is 1.76. The summed E-state index contributed by atoms with van der Waals surface area (Å²) in [4.78, 5) is 0.350. The van der Waals surface area contributed by atoms with Crippen LogP contribution in [0.2, 0.25) is 0 Å². The smallest absolute Gasteiger partial charge is 0.243 e. The summed E-state index contributed by atoms with van der Waals surface area (Å²) >= 11 is 0. The van der Waals surface area contributed by atoms with Crippen molar-refractivity contribution in [2.75, 3.05) is 32.1 Å². The molecule has 0 unspecified atom stereocenters. The van der Waals surface area contributed by atoms with Crippen LogP contribution < -0.4 is 5.32 Å². The molecule has 0 saturated heterocycles. The van der Waals surface area contributed by atoms with Gasteiger partial charge in [0.25, 0.3) is 0 Å². The van der Waals surface area contributed by atoms with E-state index in [0.717, 1.165) is 30.6 Å². The Bertz CT molecular complexity index is 528. The third-order valence-corrected chi connectivity index (χ3v) is 5.10. The van der Waals surface area contributed by atoms with Crippen molar-refractivity contribution in [2.45, 2.75) is 17.7 Å². The molecular formula is C12H18N2O3S. The van der Waals surface area contributed by atoms with Gasteiger partial charge in [0.1, 0.15) is 0 Å². The summed E-state index contributed by atoms with van der Waals surface area (Å²) in [6.45, 7) is 0.811. The third-order valence-electron chi connectivity index (χ3n) is 3.16. The van der Waals surface area contributed by atoms with Crippen LogP contribution in [0, 0.1) is 0 Å². The number of aliphatic hydroxyl groups excluding tert-OH is 1. The first kappa shape index (κ1) is 13.3. The molecule has 0 amide bonds. The van der Waals surface area contributed by atoms with Crippen molar-refractivity contribution < 1.29 is 13.5 Å². The molecular weight excluding hydrogens is 252 g/mol. The highest BCUT2D eigenvalue weighted by atomic mass is 32.2. The zero-order valence-corrected chi connectivity index (χ0v) is 11.2. The summed E-state index contributed by atoms with van der Waals surface area (Å²) in [6.07, 6.45) is 1.70. The van der Waals surface area contributed by atoms with Crippen molar-refractivity contribution in [3.8, 4) is 0 Å². The van der Waals surface area contributed by atoms with E-state index in [9.17, 15) is 8.42 Å². The number of rotatable bonds is 4. The molecule has 18 heavy (non-hydrogen) atoms. The largest absolute Gasteiger partial charge is 0.395 e. The van der Waals surface area contributed by atoms with Crippen molar-refractivity contribution in [1.29, 1.82) is 0 Å². The van der Waals surface area contributed by atoms with Crippen LogP contribution in [0.25, 0.3) is 0 Å². The summed E-state index contributed by atoms with van der Waals surface area (Å²) in [5, 5.41) is 12.1. The van der Waals surface area contributed by atoms with Gasteiger partial charge in [0.05, 0.1) is 11.5 Å². The second-order valence-electron chi connectivity index (χ2n) is 4.36. The number of hydrogen-bond acceptors (Lipinski definition) is 4. The number of sulfonamides is 1. The minimum atomic E-state index is -3.51. The number of nitrogens with one attached hydrogen (secondary N) is 1. The van der Waals surface area contributed by atoms with Gasteiger partial charge in [0.15, 0.2) is 0 Å². The number of fused-ring (bicyclic) bond motifs is 1. The highest BCUT2D eigenvalue weighted by Gasteiger charge is 2.25. The van der Waals surface area contributed by atoms with Crippen molar-refractivity contribution in [1.82, 2.24) is 4.31 Å². The highest BCUT2D eigenvalue weighted by Crippen LogP contribution is 2.29.